The first-order chi connectivity index (χ1) is 10.1. The van der Waals surface area contributed by atoms with Crippen molar-refractivity contribution in [3.8, 4) is 0 Å². The second kappa shape index (κ2) is 7.42. The van der Waals surface area contributed by atoms with Crippen molar-refractivity contribution in [3.63, 3.8) is 0 Å². The van der Waals surface area contributed by atoms with Crippen molar-refractivity contribution >= 4 is 0 Å². The van der Waals surface area contributed by atoms with Gasteiger partial charge in [-0.3, -0.25) is 0 Å². The van der Waals surface area contributed by atoms with Crippen LogP contribution in [-0.2, 0) is 12.8 Å². The average molecular weight is 281 g/mol. The van der Waals surface area contributed by atoms with Crippen molar-refractivity contribution in [1.29, 1.82) is 0 Å². The number of rotatable bonds is 6. The van der Waals surface area contributed by atoms with Gasteiger partial charge in [0, 0.05) is 6.04 Å². The first kappa shape index (κ1) is 15.8. The smallest absolute Gasteiger partial charge is 0.0148 e. The fourth-order valence-electron chi connectivity index (χ4n) is 3.08. The summed E-state index contributed by atoms with van der Waals surface area (Å²) in [6.45, 7) is 9.77. The molecule has 0 aromatic heterocycles. The Kier molecular flexibility index (Phi) is 5.58. The number of hydrogen-bond donors (Lipinski definition) is 1. The van der Waals surface area contributed by atoms with E-state index in [1.807, 2.05) is 0 Å². The third-order valence-corrected chi connectivity index (χ3v) is 3.98. The Bertz CT molecular complexity index is 566. The number of hydrogen-bond acceptors (Lipinski definition) is 1. The van der Waals surface area contributed by atoms with E-state index >= 15 is 0 Å². The molecule has 0 amide bonds. The van der Waals surface area contributed by atoms with Gasteiger partial charge in [0.1, 0.15) is 0 Å². The Labute approximate surface area is 129 Å². The summed E-state index contributed by atoms with van der Waals surface area (Å²) in [5, 5.41) is 3.65. The average Bonchev–Trinajstić information content (AvgIpc) is 2.40. The van der Waals surface area contributed by atoms with Crippen LogP contribution in [-0.4, -0.2) is 12.6 Å². The van der Waals surface area contributed by atoms with Gasteiger partial charge in [0.15, 0.2) is 0 Å². The molecule has 0 spiro atoms. The molecule has 0 aliphatic rings. The van der Waals surface area contributed by atoms with Gasteiger partial charge in [-0.15, -0.1) is 0 Å². The van der Waals surface area contributed by atoms with Crippen LogP contribution in [0.15, 0.2) is 42.5 Å². The van der Waals surface area contributed by atoms with E-state index in [4.69, 9.17) is 0 Å². The van der Waals surface area contributed by atoms with Crippen LogP contribution in [0.25, 0.3) is 0 Å². The number of likely N-dealkylation sites (N-methyl/N-ethyl adjacent to an activating group) is 1. The van der Waals surface area contributed by atoms with E-state index < -0.39 is 0 Å². The van der Waals surface area contributed by atoms with Crippen molar-refractivity contribution in [3.05, 3.63) is 70.3 Å². The number of nitrogens with one attached hydrogen (secondary N) is 1. The van der Waals surface area contributed by atoms with Crippen LogP contribution in [0, 0.1) is 20.8 Å². The Balaban J connectivity index is 2.13. The fraction of sp³-hybridized carbons (Fsp3) is 0.400. The summed E-state index contributed by atoms with van der Waals surface area (Å²) in [6.07, 6.45) is 2.18. The lowest BCUT2D eigenvalue weighted by atomic mass is 9.95. The molecular formula is C20H27N. The van der Waals surface area contributed by atoms with Gasteiger partial charge in [-0.1, -0.05) is 60.5 Å². The maximum Gasteiger partial charge on any atom is 0.0148 e. The molecule has 1 nitrogen and oxygen atoms in total. The molecule has 1 unspecified atom stereocenters. The molecule has 2 rings (SSSR count). The van der Waals surface area contributed by atoms with Crippen LogP contribution in [0.4, 0.5) is 0 Å². The monoisotopic (exact) mass is 281 g/mol. The lowest BCUT2D eigenvalue weighted by Gasteiger charge is -2.20. The van der Waals surface area contributed by atoms with Crippen molar-refractivity contribution in [2.45, 2.75) is 46.6 Å². The lowest BCUT2D eigenvalue weighted by Crippen LogP contribution is -2.33. The molecule has 2 aromatic rings. The Morgan fingerprint density at radius 2 is 1.57 bits per heavy atom. The van der Waals surface area contributed by atoms with Gasteiger partial charge in [0.25, 0.3) is 0 Å². The third-order valence-electron chi connectivity index (χ3n) is 3.98. The van der Waals surface area contributed by atoms with E-state index in [0.717, 1.165) is 19.4 Å². The van der Waals surface area contributed by atoms with Crippen LogP contribution < -0.4 is 5.32 Å². The quantitative estimate of drug-likeness (QED) is 0.829. The Hall–Kier alpha value is -1.60. The highest BCUT2D eigenvalue weighted by Gasteiger charge is 2.11. The topological polar surface area (TPSA) is 12.0 Å². The SMILES string of the molecule is CCNC(Cc1cc(C)cc(C)c1)Cc1ccccc1C. The summed E-state index contributed by atoms with van der Waals surface area (Å²) in [5.74, 6) is 0. The molecule has 0 radical (unpaired) electrons. The molecule has 112 valence electrons. The Morgan fingerprint density at radius 1 is 0.905 bits per heavy atom. The number of benzene rings is 2. The van der Waals surface area contributed by atoms with E-state index in [-0.39, 0.29) is 0 Å². The highest BCUT2D eigenvalue weighted by atomic mass is 14.9. The second-order valence-electron chi connectivity index (χ2n) is 6.09. The summed E-state index contributed by atoms with van der Waals surface area (Å²) in [6, 6.07) is 16.1. The van der Waals surface area contributed by atoms with Crippen molar-refractivity contribution in [1.82, 2.24) is 5.32 Å². The predicted octanol–water partition coefficient (Wildman–Crippen LogP) is 4.38. The molecule has 0 bridgehead atoms. The molecule has 0 heterocycles. The van der Waals surface area contributed by atoms with Crippen LogP contribution in [0.2, 0.25) is 0 Å². The van der Waals surface area contributed by atoms with E-state index in [2.05, 4.69) is 75.5 Å². The van der Waals surface area contributed by atoms with Crippen LogP contribution in [0.5, 0.6) is 0 Å². The normalized spacial score (nSPS) is 12.4. The van der Waals surface area contributed by atoms with E-state index in [1.54, 1.807) is 0 Å². The second-order valence-corrected chi connectivity index (χ2v) is 6.09. The largest absolute Gasteiger partial charge is 0.314 e. The molecule has 21 heavy (non-hydrogen) atoms. The highest BCUT2D eigenvalue weighted by Crippen LogP contribution is 2.15. The zero-order valence-corrected chi connectivity index (χ0v) is 13.7. The predicted molar refractivity (Wildman–Crippen MR) is 92.0 cm³/mol. The molecule has 0 aliphatic carbocycles. The summed E-state index contributed by atoms with van der Waals surface area (Å²) >= 11 is 0. The zero-order valence-electron chi connectivity index (χ0n) is 13.7. The fourth-order valence-corrected chi connectivity index (χ4v) is 3.08. The van der Waals surface area contributed by atoms with Crippen LogP contribution in [0.1, 0.15) is 34.7 Å². The van der Waals surface area contributed by atoms with Crippen LogP contribution in [0.3, 0.4) is 0 Å². The van der Waals surface area contributed by atoms with Gasteiger partial charge in [0.2, 0.25) is 0 Å². The molecule has 0 saturated carbocycles. The minimum absolute atomic E-state index is 0.498. The van der Waals surface area contributed by atoms with Crippen molar-refractivity contribution in [2.24, 2.45) is 0 Å². The molecular weight excluding hydrogens is 254 g/mol. The molecule has 2 aromatic carbocycles. The molecule has 0 saturated heterocycles. The molecule has 1 heteroatoms. The van der Waals surface area contributed by atoms with Gasteiger partial charge in [-0.2, -0.15) is 0 Å². The lowest BCUT2D eigenvalue weighted by molar-refractivity contribution is 0.520. The van der Waals surface area contributed by atoms with Gasteiger partial charge in [-0.25, -0.2) is 0 Å². The molecule has 0 fully saturated rings. The van der Waals surface area contributed by atoms with Gasteiger partial charge in [-0.05, 0) is 56.8 Å². The first-order valence-corrected chi connectivity index (χ1v) is 7.93. The highest BCUT2D eigenvalue weighted by molar-refractivity contribution is 5.30. The van der Waals surface area contributed by atoms with Crippen molar-refractivity contribution in [2.75, 3.05) is 6.54 Å². The van der Waals surface area contributed by atoms with E-state index in [0.29, 0.717) is 6.04 Å². The maximum absolute atomic E-state index is 3.65. The maximum atomic E-state index is 3.65. The van der Waals surface area contributed by atoms with E-state index in [1.165, 1.54) is 27.8 Å². The first-order valence-electron chi connectivity index (χ1n) is 7.93. The summed E-state index contributed by atoms with van der Waals surface area (Å²) in [5.41, 5.74) is 6.99. The standard InChI is InChI=1S/C20H27N/c1-5-21-20(14-19-9-7-6-8-17(19)4)13-18-11-15(2)10-16(3)12-18/h6-12,20-21H,5,13-14H2,1-4H3. The molecule has 0 aliphatic heterocycles. The minimum atomic E-state index is 0.498. The van der Waals surface area contributed by atoms with E-state index in [9.17, 15) is 0 Å². The van der Waals surface area contributed by atoms with Crippen LogP contribution >= 0.6 is 0 Å². The van der Waals surface area contributed by atoms with Gasteiger partial charge in [0.05, 0.1) is 0 Å². The Morgan fingerprint density at radius 3 is 2.19 bits per heavy atom. The van der Waals surface area contributed by atoms with Gasteiger partial charge >= 0.3 is 0 Å². The third kappa shape index (κ3) is 4.71. The molecule has 1 atom stereocenters. The minimum Gasteiger partial charge on any atom is -0.314 e. The van der Waals surface area contributed by atoms with Crippen molar-refractivity contribution < 1.29 is 0 Å². The summed E-state index contributed by atoms with van der Waals surface area (Å²) in [4.78, 5) is 0. The molecule has 1 N–H and O–H groups in total. The van der Waals surface area contributed by atoms with Gasteiger partial charge < -0.3 is 5.32 Å². The summed E-state index contributed by atoms with van der Waals surface area (Å²) in [7, 11) is 0. The summed E-state index contributed by atoms with van der Waals surface area (Å²) < 4.78 is 0. The zero-order chi connectivity index (χ0) is 15.2. The number of aryl methyl sites for hydroxylation is 3.